The maximum atomic E-state index is 13.1. The van der Waals surface area contributed by atoms with Crippen molar-refractivity contribution in [2.75, 3.05) is 7.11 Å². The molecule has 0 aromatic carbocycles. The Labute approximate surface area is 231 Å². The zero-order valence-electron chi connectivity index (χ0n) is 23.9. The lowest BCUT2D eigenvalue weighted by atomic mass is 9.88. The van der Waals surface area contributed by atoms with Gasteiger partial charge in [-0.15, -0.1) is 0 Å². The van der Waals surface area contributed by atoms with Gasteiger partial charge >= 0.3 is 5.97 Å². The Morgan fingerprint density at radius 1 is 1.00 bits per heavy atom. The van der Waals surface area contributed by atoms with E-state index in [0.717, 1.165) is 74.3 Å². The number of carbonyl (C=O) groups is 1. The minimum absolute atomic E-state index is 0.0164. The summed E-state index contributed by atoms with van der Waals surface area (Å²) >= 11 is 0. The van der Waals surface area contributed by atoms with Gasteiger partial charge in [0.2, 0.25) is 0 Å². The van der Waals surface area contributed by atoms with E-state index in [0.29, 0.717) is 21.5 Å². The number of H-pyrrole nitrogens is 2. The van der Waals surface area contributed by atoms with Gasteiger partial charge in [-0.3, -0.25) is 9.78 Å². The van der Waals surface area contributed by atoms with Crippen molar-refractivity contribution in [1.29, 1.82) is 0 Å². The molecule has 0 saturated carbocycles. The molecule has 3 aromatic rings. The van der Waals surface area contributed by atoms with Crippen molar-refractivity contribution in [2.45, 2.75) is 65.7 Å². The Hall–Kier alpha value is -4.33. The van der Waals surface area contributed by atoms with Crippen LogP contribution in [0.4, 0.5) is 0 Å². The van der Waals surface area contributed by atoms with Gasteiger partial charge in [0.15, 0.2) is 0 Å². The summed E-state index contributed by atoms with van der Waals surface area (Å²) in [5, 5.41) is 22.9. The van der Waals surface area contributed by atoms with E-state index in [1.807, 2.05) is 32.0 Å². The van der Waals surface area contributed by atoms with E-state index < -0.39 is 11.9 Å². The second-order valence-corrected chi connectivity index (χ2v) is 11.1. The molecule has 206 valence electrons. The van der Waals surface area contributed by atoms with Crippen LogP contribution in [0.15, 0.2) is 18.2 Å². The van der Waals surface area contributed by atoms with Gasteiger partial charge in [-0.25, -0.2) is 4.98 Å². The van der Waals surface area contributed by atoms with Crippen molar-refractivity contribution < 1.29 is 19.7 Å². The van der Waals surface area contributed by atoms with Crippen LogP contribution >= 0.6 is 0 Å². The van der Waals surface area contributed by atoms with Crippen LogP contribution in [0, 0.1) is 13.8 Å². The summed E-state index contributed by atoms with van der Waals surface area (Å²) in [4.78, 5) is 30.1. The van der Waals surface area contributed by atoms with E-state index in [1.165, 1.54) is 7.11 Å². The first-order valence-corrected chi connectivity index (χ1v) is 13.7. The first-order chi connectivity index (χ1) is 19.1. The van der Waals surface area contributed by atoms with E-state index in [1.54, 1.807) is 0 Å². The molecule has 0 amide bonds. The Morgan fingerprint density at radius 3 is 2.38 bits per heavy atom. The quantitative estimate of drug-likeness (QED) is 0.324. The van der Waals surface area contributed by atoms with Crippen molar-refractivity contribution in [3.05, 3.63) is 68.1 Å². The van der Waals surface area contributed by atoms with Gasteiger partial charge in [0.1, 0.15) is 11.7 Å². The highest BCUT2D eigenvalue weighted by Crippen LogP contribution is 2.43. The van der Waals surface area contributed by atoms with E-state index in [9.17, 15) is 15.0 Å². The Kier molecular flexibility index (Phi) is 5.91. The third-order valence-corrected chi connectivity index (χ3v) is 9.08. The topological polar surface area (TPSA) is 124 Å². The van der Waals surface area contributed by atoms with Crippen LogP contribution in [0.3, 0.4) is 0 Å². The van der Waals surface area contributed by atoms with Crippen LogP contribution < -0.4 is 10.4 Å². The van der Waals surface area contributed by atoms with Gasteiger partial charge in [0, 0.05) is 44.6 Å². The van der Waals surface area contributed by atoms with Gasteiger partial charge in [-0.05, 0) is 67.7 Å². The van der Waals surface area contributed by atoms with E-state index in [2.05, 4.69) is 37.7 Å². The summed E-state index contributed by atoms with van der Waals surface area (Å²) in [5.74, 6) is -1.46. The fourth-order valence-corrected chi connectivity index (χ4v) is 6.47. The van der Waals surface area contributed by atoms with E-state index >= 15 is 0 Å². The lowest BCUT2D eigenvalue weighted by Crippen LogP contribution is -2.17. The van der Waals surface area contributed by atoms with Crippen LogP contribution in [0.25, 0.3) is 45.2 Å². The first kappa shape index (κ1) is 25.9. The average molecular weight is 539 g/mol. The Morgan fingerprint density at radius 2 is 1.70 bits per heavy atom. The van der Waals surface area contributed by atoms with E-state index in [-0.39, 0.29) is 17.6 Å². The van der Waals surface area contributed by atoms with Crippen LogP contribution in [-0.2, 0) is 9.53 Å². The number of allylic oxidation sites excluding steroid dienone is 2. The number of aliphatic hydroxyl groups is 2. The third-order valence-electron chi connectivity index (χ3n) is 9.08. The van der Waals surface area contributed by atoms with Gasteiger partial charge in [0.25, 0.3) is 0 Å². The van der Waals surface area contributed by atoms with Crippen molar-refractivity contribution in [3.8, 4) is 0 Å². The van der Waals surface area contributed by atoms with Crippen molar-refractivity contribution >= 4 is 51.2 Å². The smallest absolute Gasteiger partial charge is 0.321 e. The number of rotatable bonds is 2. The molecule has 0 spiro atoms. The average Bonchev–Trinajstić information content (AvgIpc) is 3.66. The number of hydrogen-bond donors (Lipinski definition) is 4. The number of aromatic nitrogens is 4. The molecule has 4 N–H and O–H groups in total. The molecule has 8 nitrogen and oxygen atoms in total. The van der Waals surface area contributed by atoms with Crippen LogP contribution in [0.2, 0.25) is 0 Å². The number of aryl methyl sites for hydroxylation is 2. The Bertz CT molecular complexity index is 1940. The summed E-state index contributed by atoms with van der Waals surface area (Å²) < 4.78 is 5.15. The van der Waals surface area contributed by atoms with Crippen molar-refractivity contribution in [1.82, 2.24) is 19.9 Å². The molecule has 3 aromatic heterocycles. The number of esters is 1. The monoisotopic (exact) mass is 538 g/mol. The maximum absolute atomic E-state index is 13.1. The molecule has 6 rings (SSSR count). The zero-order valence-corrected chi connectivity index (χ0v) is 23.9. The minimum atomic E-state index is -0.952. The predicted molar refractivity (Wildman–Crippen MR) is 157 cm³/mol. The number of carbonyl (C=O) groups excluding carboxylic acids is 1. The first-order valence-electron chi connectivity index (χ1n) is 13.7. The number of hydrogen-bond acceptors (Lipinski definition) is 6. The molecule has 40 heavy (non-hydrogen) atoms. The van der Waals surface area contributed by atoms with Crippen LogP contribution in [-0.4, -0.2) is 43.2 Å². The van der Waals surface area contributed by atoms with E-state index in [4.69, 9.17) is 14.7 Å². The fraction of sp³-hybridized carbons (Fsp3) is 0.344. The molecule has 3 aliphatic rings. The molecule has 0 fully saturated rings. The molecule has 0 unspecified atom stereocenters. The molecule has 8 bridgehead atoms. The van der Waals surface area contributed by atoms with Gasteiger partial charge in [-0.2, -0.15) is 0 Å². The predicted octanol–water partition coefficient (Wildman–Crippen LogP) is 5.41. The molecule has 0 radical (unpaired) electrons. The number of methoxy groups -OCH3 is 1. The largest absolute Gasteiger partial charge is 0.515 e. The summed E-state index contributed by atoms with van der Waals surface area (Å²) in [6.07, 6.45) is 1.93. The molecule has 5 heterocycles. The Balaban J connectivity index is 1.87. The zero-order chi connectivity index (χ0) is 28.6. The highest BCUT2D eigenvalue weighted by molar-refractivity contribution is 5.97. The van der Waals surface area contributed by atoms with Gasteiger partial charge in [0.05, 0.1) is 41.5 Å². The summed E-state index contributed by atoms with van der Waals surface area (Å²) in [6.45, 7) is 12.3. The summed E-state index contributed by atoms with van der Waals surface area (Å²) in [5.41, 5.74) is 11.0. The van der Waals surface area contributed by atoms with Crippen molar-refractivity contribution in [2.24, 2.45) is 0 Å². The van der Waals surface area contributed by atoms with Crippen molar-refractivity contribution in [3.63, 3.8) is 0 Å². The second-order valence-electron chi connectivity index (χ2n) is 11.1. The molecular formula is C32H34N4O4. The maximum Gasteiger partial charge on any atom is 0.321 e. The number of aliphatic hydroxyl groups excluding tert-OH is 2. The number of ether oxygens (including phenoxy) is 1. The summed E-state index contributed by atoms with van der Waals surface area (Å²) in [7, 11) is 1.34. The molecular weight excluding hydrogens is 504 g/mol. The lowest BCUT2D eigenvalue weighted by Gasteiger charge is -2.16. The third kappa shape index (κ3) is 3.48. The molecule has 0 saturated heterocycles. The number of fused-ring (bicyclic) bond motifs is 8. The van der Waals surface area contributed by atoms with Gasteiger partial charge in [-0.1, -0.05) is 20.8 Å². The lowest BCUT2D eigenvalue weighted by molar-refractivity contribution is -0.141. The van der Waals surface area contributed by atoms with Gasteiger partial charge < -0.3 is 24.9 Å². The molecule has 2 aliphatic heterocycles. The number of nitrogens with zero attached hydrogens (tertiary/aromatic N) is 2. The SMILES string of the molecule is CCC1=C(C)c2cc3[nH]c(cc4nc(c5c6[nH]c(cc1n2)c(C)c6=C(O)[C@@H]5C(=O)OC)[C@@H](C)[C@@H]4C)c(C)c3=CO. The standard InChI is InChI=1S/C32H34N4O4/c1-8-18-15(4)22-10-25-19(12-37)16(5)21(34-25)9-20-13(2)14(3)29(35-20)27-28(32(39)40-7)31(38)26-17(6)23(36-30(26)27)11-24(18)33-22/h9-14,28,34,36-38H,8H2,1-7H3/t13-,14-,28+/m0/s1. The van der Waals surface area contributed by atoms with Crippen LogP contribution in [0.1, 0.15) is 91.3 Å². The normalized spacial score (nSPS) is 20.5. The molecule has 8 heteroatoms. The number of aromatic amines is 2. The second kappa shape index (κ2) is 9.11. The highest BCUT2D eigenvalue weighted by atomic mass is 16.5. The molecule has 1 aliphatic carbocycles. The molecule has 3 atom stereocenters. The highest BCUT2D eigenvalue weighted by Gasteiger charge is 2.40. The van der Waals surface area contributed by atoms with Crippen LogP contribution in [0.5, 0.6) is 0 Å². The minimum Gasteiger partial charge on any atom is -0.515 e. The fourth-order valence-electron chi connectivity index (χ4n) is 6.47. The summed E-state index contributed by atoms with van der Waals surface area (Å²) in [6, 6.07) is 6.01. The number of nitrogens with one attached hydrogen (secondary N) is 2.